The van der Waals surface area contributed by atoms with E-state index in [4.69, 9.17) is 0 Å². The van der Waals surface area contributed by atoms with Crippen LogP contribution in [-0.4, -0.2) is 0 Å². The molecule has 65 heavy (non-hydrogen) atoms. The summed E-state index contributed by atoms with van der Waals surface area (Å²) in [7, 11) is 0. The average molecular weight is 871 g/mol. The highest BCUT2D eigenvalue weighted by Gasteiger charge is 2.22. The molecule has 0 heterocycles. The topological polar surface area (TPSA) is 0 Å². The van der Waals surface area contributed by atoms with E-state index in [0.717, 1.165) is 11.8 Å². The zero-order valence-electron chi connectivity index (χ0n) is 42.1. The van der Waals surface area contributed by atoms with Gasteiger partial charge in [-0.3, -0.25) is 0 Å². The summed E-state index contributed by atoms with van der Waals surface area (Å²) in [4.78, 5) is 0. The summed E-state index contributed by atoms with van der Waals surface area (Å²) in [5.41, 5.74) is 11.4. The van der Waals surface area contributed by atoms with Crippen molar-refractivity contribution in [1.29, 1.82) is 0 Å². The van der Waals surface area contributed by atoms with Crippen molar-refractivity contribution in [2.75, 3.05) is 0 Å². The number of hydrogen-bond donors (Lipinski definition) is 0. The molecule has 0 aliphatic heterocycles. The molecule has 4 aromatic carbocycles. The first-order chi connectivity index (χ1) is 32.1. The second-order valence-corrected chi connectivity index (χ2v) is 20.1. The third kappa shape index (κ3) is 20.6. The normalized spacial score (nSPS) is 18.1. The van der Waals surface area contributed by atoms with E-state index >= 15 is 0 Å². The molecule has 0 nitrogen and oxygen atoms in total. The molecule has 0 heteroatoms. The zero-order chi connectivity index (χ0) is 45.6. The molecule has 2 aliphatic rings. The summed E-state index contributed by atoms with van der Waals surface area (Å²) in [5, 5.41) is 0. The van der Waals surface area contributed by atoms with Gasteiger partial charge in [0, 0.05) is 23.0 Å². The van der Waals surface area contributed by atoms with Crippen LogP contribution >= 0.6 is 0 Å². The predicted molar refractivity (Wildman–Crippen MR) is 285 cm³/mol. The highest BCUT2D eigenvalue weighted by Crippen LogP contribution is 2.37. The molecule has 0 radical (unpaired) electrons. The van der Waals surface area contributed by atoms with Gasteiger partial charge in [-0.2, -0.15) is 0 Å². The van der Waals surface area contributed by atoms with Gasteiger partial charge in [0.05, 0.1) is 0 Å². The molecule has 2 saturated carbocycles. The first-order valence-electron chi connectivity index (χ1n) is 27.4. The summed E-state index contributed by atoms with van der Waals surface area (Å²) >= 11 is 0. The molecule has 2 aliphatic carbocycles. The van der Waals surface area contributed by atoms with Crippen molar-refractivity contribution in [3.05, 3.63) is 142 Å². The highest BCUT2D eigenvalue weighted by molar-refractivity contribution is 5.38. The molecule has 4 aromatic rings. The first-order valence-corrected chi connectivity index (χ1v) is 27.4. The third-order valence-electron chi connectivity index (χ3n) is 14.6. The van der Waals surface area contributed by atoms with Gasteiger partial charge < -0.3 is 0 Å². The minimum atomic E-state index is 0.567. The molecule has 0 spiro atoms. The average Bonchev–Trinajstić information content (AvgIpc) is 3.36. The van der Waals surface area contributed by atoms with Gasteiger partial charge in [-0.1, -0.05) is 208 Å². The van der Waals surface area contributed by atoms with Gasteiger partial charge in [-0.05, 0) is 172 Å². The highest BCUT2D eigenvalue weighted by atomic mass is 14.3. The molecule has 0 unspecified atom stereocenters. The standard InChI is InChI=1S/C33H46.C32H44/c1-3-5-7-8-9-11-13-28-14-16-30(17-15-28)18-19-31-22-26-33(27-23-31)32-24-20-29(21-25-32)12-10-6-4-2;1-3-5-7-8-9-10-12-28-13-15-29(16-14-28)17-18-30-21-25-32(26-22-30)31-23-19-27(20-24-31)11-6-4-2/h14-17,20-21,24-25,31,33H,3-13,22-23,26-27H2,1-2H3;13-16,19-20,23-24,30,32H,3-12,21-22,25-26H2,1-2H3/t31-,33-;30-,32-. The van der Waals surface area contributed by atoms with Crippen LogP contribution < -0.4 is 0 Å². The van der Waals surface area contributed by atoms with Gasteiger partial charge in [0.1, 0.15) is 0 Å². The summed E-state index contributed by atoms with van der Waals surface area (Å²) < 4.78 is 0. The molecular formula is C65H90. The molecule has 6 rings (SSSR count). The summed E-state index contributed by atoms with van der Waals surface area (Å²) in [6.45, 7) is 9.10. The Labute approximate surface area is 401 Å². The van der Waals surface area contributed by atoms with Gasteiger partial charge in [-0.15, -0.1) is 0 Å². The van der Waals surface area contributed by atoms with Crippen LogP contribution in [0.5, 0.6) is 0 Å². The Bertz CT molecular complexity index is 1920. The van der Waals surface area contributed by atoms with Crippen LogP contribution in [0.4, 0.5) is 0 Å². The molecular weight excluding hydrogens is 781 g/mol. The minimum Gasteiger partial charge on any atom is -0.0945 e. The minimum absolute atomic E-state index is 0.567. The number of aryl methyl sites for hydroxylation is 4. The Kier molecular flexibility index (Phi) is 25.5. The van der Waals surface area contributed by atoms with Crippen LogP contribution in [0.1, 0.15) is 245 Å². The lowest BCUT2D eigenvalue weighted by molar-refractivity contribution is 0.384. The van der Waals surface area contributed by atoms with E-state index in [0.29, 0.717) is 11.8 Å². The van der Waals surface area contributed by atoms with Gasteiger partial charge >= 0.3 is 0 Å². The van der Waals surface area contributed by atoms with Crippen molar-refractivity contribution in [2.45, 2.75) is 226 Å². The molecule has 0 atom stereocenters. The van der Waals surface area contributed by atoms with Gasteiger partial charge in [0.25, 0.3) is 0 Å². The van der Waals surface area contributed by atoms with E-state index < -0.39 is 0 Å². The predicted octanol–water partition coefficient (Wildman–Crippen LogP) is 18.9. The molecule has 2 fully saturated rings. The van der Waals surface area contributed by atoms with Gasteiger partial charge in [0.2, 0.25) is 0 Å². The van der Waals surface area contributed by atoms with E-state index in [1.165, 1.54) is 225 Å². The summed E-state index contributed by atoms with van der Waals surface area (Å²) in [6.07, 6.45) is 37.9. The maximum Gasteiger partial charge on any atom is 0.0245 e. The van der Waals surface area contributed by atoms with E-state index in [1.807, 2.05) is 0 Å². The summed E-state index contributed by atoms with van der Waals surface area (Å²) in [6, 6.07) is 37.1. The van der Waals surface area contributed by atoms with Gasteiger partial charge in [0.15, 0.2) is 0 Å². The molecule has 0 N–H and O–H groups in total. The van der Waals surface area contributed by atoms with Crippen molar-refractivity contribution < 1.29 is 0 Å². The van der Waals surface area contributed by atoms with E-state index in [2.05, 4.69) is 148 Å². The quantitative estimate of drug-likeness (QED) is 0.0515. The molecule has 0 bridgehead atoms. The fourth-order valence-corrected chi connectivity index (χ4v) is 10.1. The Morgan fingerprint density at radius 3 is 0.938 bits per heavy atom. The SMILES string of the molecule is CCCCCCCCc1ccc(C#C[C@H]2CC[C@H](c3ccc(CCCC)cc3)CC2)cc1.CCCCCCCCc1ccc(C#C[C@H]2CC[C@H](c3ccc(CCCCC)cc3)CC2)cc1. The van der Waals surface area contributed by atoms with Gasteiger partial charge in [-0.25, -0.2) is 0 Å². The Balaban J connectivity index is 0.000000244. The number of benzene rings is 4. The van der Waals surface area contributed by atoms with Crippen LogP contribution in [0.2, 0.25) is 0 Å². The van der Waals surface area contributed by atoms with Crippen molar-refractivity contribution in [3.8, 4) is 23.7 Å². The smallest absolute Gasteiger partial charge is 0.0245 e. The Hall–Kier alpha value is -4.00. The van der Waals surface area contributed by atoms with E-state index in [1.54, 1.807) is 5.56 Å². The number of hydrogen-bond acceptors (Lipinski definition) is 0. The van der Waals surface area contributed by atoms with Crippen LogP contribution in [-0.2, 0) is 25.7 Å². The van der Waals surface area contributed by atoms with E-state index in [-0.39, 0.29) is 0 Å². The fourth-order valence-electron chi connectivity index (χ4n) is 10.1. The van der Waals surface area contributed by atoms with Crippen molar-refractivity contribution in [2.24, 2.45) is 11.8 Å². The van der Waals surface area contributed by atoms with Crippen molar-refractivity contribution in [1.82, 2.24) is 0 Å². The second kappa shape index (κ2) is 31.8. The maximum atomic E-state index is 3.59. The third-order valence-corrected chi connectivity index (χ3v) is 14.6. The maximum absolute atomic E-state index is 3.59. The van der Waals surface area contributed by atoms with Crippen molar-refractivity contribution >= 4 is 0 Å². The monoisotopic (exact) mass is 871 g/mol. The van der Waals surface area contributed by atoms with Crippen LogP contribution in [0.25, 0.3) is 0 Å². The first kappa shape index (κ1) is 52.0. The molecule has 0 saturated heterocycles. The zero-order valence-corrected chi connectivity index (χ0v) is 42.1. The van der Waals surface area contributed by atoms with Crippen LogP contribution in [0.3, 0.4) is 0 Å². The van der Waals surface area contributed by atoms with Crippen LogP contribution in [0.15, 0.2) is 97.1 Å². The molecule has 0 aromatic heterocycles. The number of rotatable bonds is 23. The molecule has 350 valence electrons. The molecule has 0 amide bonds. The summed E-state index contributed by atoms with van der Waals surface area (Å²) in [5.74, 6) is 16.7. The Morgan fingerprint density at radius 1 is 0.308 bits per heavy atom. The Morgan fingerprint density at radius 2 is 0.585 bits per heavy atom. The lowest BCUT2D eigenvalue weighted by atomic mass is 9.78. The van der Waals surface area contributed by atoms with Crippen molar-refractivity contribution in [3.63, 3.8) is 0 Å². The van der Waals surface area contributed by atoms with E-state index in [9.17, 15) is 0 Å². The number of unbranched alkanes of at least 4 members (excludes halogenated alkanes) is 13. The van der Waals surface area contributed by atoms with Crippen LogP contribution in [0, 0.1) is 35.5 Å². The fraction of sp³-hybridized carbons (Fsp3) is 0.569. The lowest BCUT2D eigenvalue weighted by Crippen LogP contribution is -2.12. The largest absolute Gasteiger partial charge is 0.0945 e. The lowest BCUT2D eigenvalue weighted by Gasteiger charge is -2.26. The second-order valence-electron chi connectivity index (χ2n) is 20.1.